The van der Waals surface area contributed by atoms with Gasteiger partial charge in [0.05, 0.1) is 11.8 Å². The first-order valence-electron chi connectivity index (χ1n) is 6.30. The number of rotatable bonds is 4. The van der Waals surface area contributed by atoms with E-state index in [1.165, 1.54) is 6.92 Å². The second-order valence-corrected chi connectivity index (χ2v) is 5.02. The monoisotopic (exact) mass is 281 g/mol. The lowest BCUT2D eigenvalue weighted by Gasteiger charge is -2.32. The fourth-order valence-corrected chi connectivity index (χ4v) is 2.31. The molecule has 0 spiro atoms. The van der Waals surface area contributed by atoms with Crippen LogP contribution in [0.25, 0.3) is 0 Å². The second kappa shape index (κ2) is 6.25. The minimum absolute atomic E-state index is 0.0317. The van der Waals surface area contributed by atoms with Gasteiger partial charge in [-0.25, -0.2) is 0 Å². The molecule has 1 amide bonds. The van der Waals surface area contributed by atoms with Crippen molar-refractivity contribution in [1.82, 2.24) is 5.32 Å². The molecule has 7 heteroatoms. The maximum Gasteiger partial charge on any atom is 0.392 e. The summed E-state index contributed by atoms with van der Waals surface area (Å²) in [6.07, 6.45) is -3.13. The quantitative estimate of drug-likeness (QED) is 0.830. The van der Waals surface area contributed by atoms with Crippen molar-refractivity contribution in [2.45, 2.75) is 38.8 Å². The first-order chi connectivity index (χ1) is 8.73. The Morgan fingerprint density at radius 2 is 1.89 bits per heavy atom. The molecule has 1 aliphatic rings. The summed E-state index contributed by atoms with van der Waals surface area (Å²) >= 11 is 0. The van der Waals surface area contributed by atoms with Crippen LogP contribution in [0.3, 0.4) is 0 Å². The maximum atomic E-state index is 12.8. The lowest BCUT2D eigenvalue weighted by atomic mass is 9.78. The molecule has 1 saturated carbocycles. The summed E-state index contributed by atoms with van der Waals surface area (Å²) in [5.41, 5.74) is 0. The van der Waals surface area contributed by atoms with Crippen LogP contribution in [-0.2, 0) is 9.59 Å². The number of carboxylic acid groups (broad SMARTS) is 1. The van der Waals surface area contributed by atoms with Crippen LogP contribution in [0.2, 0.25) is 0 Å². The number of aliphatic carboxylic acids is 1. The summed E-state index contributed by atoms with van der Waals surface area (Å²) in [5.74, 6) is -5.28. The van der Waals surface area contributed by atoms with E-state index in [0.29, 0.717) is 12.8 Å². The van der Waals surface area contributed by atoms with E-state index in [4.69, 9.17) is 5.11 Å². The van der Waals surface area contributed by atoms with Gasteiger partial charge >= 0.3 is 12.1 Å². The van der Waals surface area contributed by atoms with Crippen LogP contribution in [0.5, 0.6) is 0 Å². The summed E-state index contributed by atoms with van der Waals surface area (Å²) in [4.78, 5) is 22.4. The standard InChI is InChI=1S/C12H18F3NO3/c1-7(11(18)19)6-16-10(17)8-4-2-3-5-9(8)12(13,14)15/h7-9H,2-6H2,1H3,(H,16,17)(H,18,19)/t7-,8+,9-/m1/s1. The second-order valence-electron chi connectivity index (χ2n) is 5.02. The molecule has 2 N–H and O–H groups in total. The third-order valence-electron chi connectivity index (χ3n) is 3.53. The molecule has 4 nitrogen and oxygen atoms in total. The van der Waals surface area contributed by atoms with E-state index in [9.17, 15) is 22.8 Å². The van der Waals surface area contributed by atoms with Crippen molar-refractivity contribution in [3.05, 3.63) is 0 Å². The molecule has 1 fully saturated rings. The van der Waals surface area contributed by atoms with E-state index in [1.54, 1.807) is 0 Å². The van der Waals surface area contributed by atoms with Crippen molar-refractivity contribution < 1.29 is 27.9 Å². The topological polar surface area (TPSA) is 66.4 Å². The van der Waals surface area contributed by atoms with Crippen molar-refractivity contribution in [3.8, 4) is 0 Å². The molecule has 110 valence electrons. The number of alkyl halides is 3. The molecule has 0 radical (unpaired) electrons. The van der Waals surface area contributed by atoms with Gasteiger partial charge in [-0.1, -0.05) is 19.8 Å². The Labute approximate surface area is 109 Å². The van der Waals surface area contributed by atoms with E-state index >= 15 is 0 Å². The van der Waals surface area contributed by atoms with Gasteiger partial charge in [0.25, 0.3) is 0 Å². The highest BCUT2D eigenvalue weighted by Crippen LogP contribution is 2.41. The van der Waals surface area contributed by atoms with E-state index in [1.807, 2.05) is 0 Å². The lowest BCUT2D eigenvalue weighted by Crippen LogP contribution is -2.44. The fourth-order valence-electron chi connectivity index (χ4n) is 2.31. The molecule has 0 heterocycles. The van der Waals surface area contributed by atoms with Crippen LogP contribution in [0.4, 0.5) is 13.2 Å². The molecule has 0 aliphatic heterocycles. The van der Waals surface area contributed by atoms with Gasteiger partial charge in [-0.3, -0.25) is 9.59 Å². The summed E-state index contributed by atoms with van der Waals surface area (Å²) in [6, 6.07) is 0. The number of amides is 1. The van der Waals surface area contributed by atoms with Crippen molar-refractivity contribution in [3.63, 3.8) is 0 Å². The first kappa shape index (κ1) is 15.8. The molecule has 0 aromatic carbocycles. The molecule has 3 atom stereocenters. The van der Waals surface area contributed by atoms with Crippen molar-refractivity contribution in [2.75, 3.05) is 6.54 Å². The number of hydrogen-bond donors (Lipinski definition) is 2. The van der Waals surface area contributed by atoms with Crippen molar-refractivity contribution in [2.24, 2.45) is 17.8 Å². The molecule has 1 rings (SSSR count). The maximum absolute atomic E-state index is 12.8. The molecular weight excluding hydrogens is 263 g/mol. The van der Waals surface area contributed by atoms with Gasteiger partial charge in [-0.2, -0.15) is 13.2 Å². The highest BCUT2D eigenvalue weighted by Gasteiger charge is 2.47. The Hall–Kier alpha value is -1.27. The lowest BCUT2D eigenvalue weighted by molar-refractivity contribution is -0.198. The third-order valence-corrected chi connectivity index (χ3v) is 3.53. The van der Waals surface area contributed by atoms with E-state index < -0.39 is 35.8 Å². The van der Waals surface area contributed by atoms with Gasteiger partial charge in [-0.05, 0) is 12.8 Å². The van der Waals surface area contributed by atoms with Crippen LogP contribution < -0.4 is 5.32 Å². The minimum atomic E-state index is -4.37. The number of halogens is 3. The Bertz CT molecular complexity index is 344. The SMILES string of the molecule is C[C@H](CNC(=O)[C@H]1CCCC[C@H]1C(F)(F)F)C(=O)O. The Morgan fingerprint density at radius 1 is 1.32 bits per heavy atom. The van der Waals surface area contributed by atoms with Crippen LogP contribution in [0.15, 0.2) is 0 Å². The zero-order valence-corrected chi connectivity index (χ0v) is 10.7. The molecule has 0 saturated heterocycles. The Balaban J connectivity index is 2.60. The van der Waals surface area contributed by atoms with Gasteiger partial charge < -0.3 is 10.4 Å². The van der Waals surface area contributed by atoms with E-state index in [0.717, 1.165) is 0 Å². The molecule has 1 aliphatic carbocycles. The number of carboxylic acids is 1. The molecule has 0 aromatic heterocycles. The summed E-state index contributed by atoms with van der Waals surface area (Å²) in [7, 11) is 0. The van der Waals surface area contributed by atoms with Crippen LogP contribution in [-0.4, -0.2) is 29.7 Å². The van der Waals surface area contributed by atoms with Gasteiger partial charge in [-0.15, -0.1) is 0 Å². The Kier molecular flexibility index (Phi) is 5.20. The summed E-state index contributed by atoms with van der Waals surface area (Å²) in [6.45, 7) is 1.25. The van der Waals surface area contributed by atoms with Crippen molar-refractivity contribution in [1.29, 1.82) is 0 Å². The van der Waals surface area contributed by atoms with Gasteiger partial charge in [0.15, 0.2) is 0 Å². The molecule has 19 heavy (non-hydrogen) atoms. The Morgan fingerprint density at radius 3 is 2.42 bits per heavy atom. The third kappa shape index (κ3) is 4.40. The minimum Gasteiger partial charge on any atom is -0.481 e. The predicted octanol–water partition coefficient (Wildman–Crippen LogP) is 2.19. The first-order valence-corrected chi connectivity index (χ1v) is 6.30. The molecular formula is C12H18F3NO3. The largest absolute Gasteiger partial charge is 0.481 e. The number of hydrogen-bond acceptors (Lipinski definition) is 2. The number of carbonyl (C=O) groups is 2. The van der Waals surface area contributed by atoms with Crippen LogP contribution in [0, 0.1) is 17.8 Å². The van der Waals surface area contributed by atoms with E-state index in [-0.39, 0.29) is 19.4 Å². The van der Waals surface area contributed by atoms with Gasteiger partial charge in [0.1, 0.15) is 0 Å². The average molecular weight is 281 g/mol. The summed E-state index contributed by atoms with van der Waals surface area (Å²) in [5, 5.41) is 11.0. The molecule has 0 unspecified atom stereocenters. The predicted molar refractivity (Wildman–Crippen MR) is 61.3 cm³/mol. The molecule has 0 aromatic rings. The highest BCUT2D eigenvalue weighted by atomic mass is 19.4. The molecule has 0 bridgehead atoms. The van der Waals surface area contributed by atoms with E-state index in [2.05, 4.69) is 5.32 Å². The van der Waals surface area contributed by atoms with Crippen LogP contribution >= 0.6 is 0 Å². The van der Waals surface area contributed by atoms with Gasteiger partial charge in [0.2, 0.25) is 5.91 Å². The zero-order chi connectivity index (χ0) is 14.6. The summed E-state index contributed by atoms with van der Waals surface area (Å²) < 4.78 is 38.4. The number of nitrogens with one attached hydrogen (secondary N) is 1. The average Bonchev–Trinajstić information content (AvgIpc) is 2.34. The smallest absolute Gasteiger partial charge is 0.392 e. The van der Waals surface area contributed by atoms with Gasteiger partial charge in [0, 0.05) is 12.5 Å². The zero-order valence-electron chi connectivity index (χ0n) is 10.7. The van der Waals surface area contributed by atoms with Crippen LogP contribution in [0.1, 0.15) is 32.6 Å². The highest BCUT2D eigenvalue weighted by molar-refractivity contribution is 5.80. The fraction of sp³-hybridized carbons (Fsp3) is 0.833. The van der Waals surface area contributed by atoms with Crippen molar-refractivity contribution >= 4 is 11.9 Å². The number of carbonyl (C=O) groups excluding carboxylic acids is 1. The normalized spacial score (nSPS) is 25.7.